The minimum absolute atomic E-state index is 0.0643. The lowest BCUT2D eigenvalue weighted by atomic mass is 9.83. The Morgan fingerprint density at radius 1 is 1.30 bits per heavy atom. The van der Waals surface area contributed by atoms with E-state index in [0.717, 1.165) is 18.8 Å². The Morgan fingerprint density at radius 2 is 2.05 bits per heavy atom. The Kier molecular flexibility index (Phi) is 5.48. The molecule has 1 heterocycles. The summed E-state index contributed by atoms with van der Waals surface area (Å²) in [5, 5.41) is 3.60. The van der Waals surface area contributed by atoms with Crippen molar-refractivity contribution in [3.05, 3.63) is 0 Å². The second kappa shape index (κ2) is 6.93. The maximum atomic E-state index is 12.8. The molecule has 1 aliphatic heterocycles. The average Bonchev–Trinajstić information content (AvgIpc) is 2.77. The Morgan fingerprint density at radius 3 is 2.65 bits per heavy atom. The van der Waals surface area contributed by atoms with Crippen molar-refractivity contribution in [3.63, 3.8) is 0 Å². The first-order chi connectivity index (χ1) is 9.58. The minimum Gasteiger partial charge on any atom is -0.323 e. The van der Waals surface area contributed by atoms with Gasteiger partial charge in [-0.15, -0.1) is 0 Å². The molecular weight excluding hydrogens is 248 g/mol. The molecule has 116 valence electrons. The van der Waals surface area contributed by atoms with E-state index >= 15 is 0 Å². The average molecular weight is 280 g/mol. The van der Waals surface area contributed by atoms with E-state index in [1.54, 1.807) is 0 Å². The lowest BCUT2D eigenvalue weighted by Crippen LogP contribution is -2.48. The van der Waals surface area contributed by atoms with Crippen LogP contribution in [0.1, 0.15) is 72.6 Å². The fourth-order valence-corrected chi connectivity index (χ4v) is 3.98. The number of amides is 1. The van der Waals surface area contributed by atoms with Crippen molar-refractivity contribution in [3.8, 4) is 0 Å². The zero-order valence-corrected chi connectivity index (χ0v) is 13.7. The Bertz CT molecular complexity index is 329. The van der Waals surface area contributed by atoms with Crippen molar-refractivity contribution in [2.45, 2.75) is 90.9 Å². The highest BCUT2D eigenvalue weighted by Crippen LogP contribution is 2.34. The molecule has 3 nitrogen and oxygen atoms in total. The van der Waals surface area contributed by atoms with Crippen molar-refractivity contribution in [1.29, 1.82) is 0 Å². The molecule has 4 unspecified atom stereocenters. The molecule has 1 saturated heterocycles. The summed E-state index contributed by atoms with van der Waals surface area (Å²) in [6, 6.07) is 0.539. The second-order valence-electron chi connectivity index (χ2n) is 7.04. The number of carbonyl (C=O) groups excluding carboxylic acids is 1. The summed E-state index contributed by atoms with van der Waals surface area (Å²) in [6.45, 7) is 8.91. The van der Waals surface area contributed by atoms with E-state index in [-0.39, 0.29) is 12.2 Å². The second-order valence-corrected chi connectivity index (χ2v) is 7.04. The zero-order chi connectivity index (χ0) is 14.7. The number of hydrogen-bond acceptors (Lipinski definition) is 2. The Hall–Kier alpha value is -0.570. The first kappa shape index (κ1) is 15.8. The molecule has 0 aromatic carbocycles. The van der Waals surface area contributed by atoms with E-state index in [1.165, 1.54) is 32.1 Å². The first-order valence-corrected chi connectivity index (χ1v) is 8.66. The predicted octanol–water partition coefficient (Wildman–Crippen LogP) is 3.54. The van der Waals surface area contributed by atoms with Crippen LogP contribution in [-0.2, 0) is 4.79 Å². The van der Waals surface area contributed by atoms with Crippen LogP contribution in [0.25, 0.3) is 0 Å². The standard InChI is InChI=1S/C17H32N2O/c1-5-8-15-17(20)19(16(18-15)12(3)4)14-10-7-9-13(6-2)11-14/h12-16,18H,5-11H2,1-4H3. The maximum absolute atomic E-state index is 12.8. The largest absolute Gasteiger partial charge is 0.323 e. The van der Waals surface area contributed by atoms with Crippen LogP contribution >= 0.6 is 0 Å². The van der Waals surface area contributed by atoms with Gasteiger partial charge in [-0.25, -0.2) is 0 Å². The SMILES string of the molecule is CCCC1NC(C(C)C)N(C2CCCC(CC)C2)C1=O. The molecule has 0 aromatic rings. The Balaban J connectivity index is 2.11. The predicted molar refractivity (Wildman–Crippen MR) is 83.3 cm³/mol. The van der Waals surface area contributed by atoms with Gasteiger partial charge in [-0.3, -0.25) is 10.1 Å². The molecule has 1 N–H and O–H groups in total. The summed E-state index contributed by atoms with van der Waals surface area (Å²) < 4.78 is 0. The minimum atomic E-state index is 0.0643. The quantitative estimate of drug-likeness (QED) is 0.835. The van der Waals surface area contributed by atoms with Gasteiger partial charge in [0, 0.05) is 6.04 Å². The number of carbonyl (C=O) groups is 1. The summed E-state index contributed by atoms with van der Waals surface area (Å²) in [4.78, 5) is 15.0. The number of nitrogens with zero attached hydrogens (tertiary/aromatic N) is 1. The number of hydrogen-bond donors (Lipinski definition) is 1. The Labute approximate surface area is 124 Å². The zero-order valence-electron chi connectivity index (χ0n) is 13.7. The smallest absolute Gasteiger partial charge is 0.241 e. The number of nitrogens with one attached hydrogen (secondary N) is 1. The van der Waals surface area contributed by atoms with Crippen LogP contribution in [0.15, 0.2) is 0 Å². The molecule has 20 heavy (non-hydrogen) atoms. The van der Waals surface area contributed by atoms with Crippen LogP contribution in [-0.4, -0.2) is 29.1 Å². The van der Waals surface area contributed by atoms with Gasteiger partial charge >= 0.3 is 0 Å². The number of rotatable bonds is 5. The third kappa shape index (κ3) is 3.19. The molecule has 1 aliphatic carbocycles. The van der Waals surface area contributed by atoms with E-state index in [4.69, 9.17) is 0 Å². The van der Waals surface area contributed by atoms with Gasteiger partial charge in [-0.1, -0.05) is 53.4 Å². The van der Waals surface area contributed by atoms with Gasteiger partial charge in [0.25, 0.3) is 0 Å². The highest BCUT2D eigenvalue weighted by molar-refractivity contribution is 5.84. The van der Waals surface area contributed by atoms with E-state index < -0.39 is 0 Å². The van der Waals surface area contributed by atoms with E-state index in [0.29, 0.717) is 17.9 Å². The molecular formula is C17H32N2O. The van der Waals surface area contributed by atoms with Crippen molar-refractivity contribution in [2.75, 3.05) is 0 Å². The van der Waals surface area contributed by atoms with Gasteiger partial charge in [0.1, 0.15) is 0 Å². The van der Waals surface area contributed by atoms with Crippen molar-refractivity contribution < 1.29 is 4.79 Å². The van der Waals surface area contributed by atoms with Crippen LogP contribution in [0.5, 0.6) is 0 Å². The lowest BCUT2D eigenvalue weighted by molar-refractivity contribution is -0.134. The van der Waals surface area contributed by atoms with E-state index in [1.807, 2.05) is 0 Å². The molecule has 0 bridgehead atoms. The van der Waals surface area contributed by atoms with E-state index in [9.17, 15) is 4.79 Å². The van der Waals surface area contributed by atoms with Gasteiger partial charge < -0.3 is 4.90 Å². The summed E-state index contributed by atoms with van der Waals surface area (Å²) >= 11 is 0. The summed E-state index contributed by atoms with van der Waals surface area (Å²) in [7, 11) is 0. The van der Waals surface area contributed by atoms with Gasteiger partial charge in [0.05, 0.1) is 12.2 Å². The normalized spacial score (nSPS) is 35.0. The first-order valence-electron chi connectivity index (χ1n) is 8.66. The fraction of sp³-hybridized carbons (Fsp3) is 0.941. The van der Waals surface area contributed by atoms with E-state index in [2.05, 4.69) is 37.9 Å². The van der Waals surface area contributed by atoms with Crippen molar-refractivity contribution >= 4 is 5.91 Å². The maximum Gasteiger partial charge on any atom is 0.241 e. The molecule has 2 aliphatic rings. The van der Waals surface area contributed by atoms with Crippen LogP contribution in [0, 0.1) is 11.8 Å². The van der Waals surface area contributed by atoms with Gasteiger partial charge in [-0.05, 0) is 31.1 Å². The van der Waals surface area contributed by atoms with Crippen molar-refractivity contribution in [2.24, 2.45) is 11.8 Å². The summed E-state index contributed by atoms with van der Waals surface area (Å²) in [5.74, 6) is 1.68. The molecule has 3 heteroatoms. The summed E-state index contributed by atoms with van der Waals surface area (Å²) in [5.41, 5.74) is 0. The van der Waals surface area contributed by atoms with Crippen LogP contribution in [0.4, 0.5) is 0 Å². The van der Waals surface area contributed by atoms with Gasteiger partial charge in [0.15, 0.2) is 0 Å². The van der Waals surface area contributed by atoms with Crippen molar-refractivity contribution in [1.82, 2.24) is 10.2 Å². The van der Waals surface area contributed by atoms with Crippen LogP contribution in [0.3, 0.4) is 0 Å². The van der Waals surface area contributed by atoms with Crippen LogP contribution in [0.2, 0.25) is 0 Å². The third-order valence-corrected chi connectivity index (χ3v) is 5.16. The molecule has 0 aromatic heterocycles. The molecule has 2 fully saturated rings. The molecule has 0 spiro atoms. The molecule has 1 saturated carbocycles. The lowest BCUT2D eigenvalue weighted by Gasteiger charge is -2.39. The van der Waals surface area contributed by atoms with Crippen LogP contribution < -0.4 is 5.32 Å². The highest BCUT2D eigenvalue weighted by Gasteiger charge is 2.43. The monoisotopic (exact) mass is 280 g/mol. The molecule has 4 atom stereocenters. The van der Waals surface area contributed by atoms with Gasteiger partial charge in [0.2, 0.25) is 5.91 Å². The molecule has 1 amide bonds. The topological polar surface area (TPSA) is 32.3 Å². The molecule has 0 radical (unpaired) electrons. The van der Waals surface area contributed by atoms with Gasteiger partial charge in [-0.2, -0.15) is 0 Å². The molecule has 2 rings (SSSR count). The summed E-state index contributed by atoms with van der Waals surface area (Å²) in [6.07, 6.45) is 8.62. The highest BCUT2D eigenvalue weighted by atomic mass is 16.2. The third-order valence-electron chi connectivity index (χ3n) is 5.16. The fourth-order valence-electron chi connectivity index (χ4n) is 3.98.